The maximum Gasteiger partial charge on any atom is 0.310 e. The molecule has 2 aromatic carbocycles. The van der Waals surface area contributed by atoms with Crippen LogP contribution in [0.25, 0.3) is 0 Å². The fourth-order valence-electron chi connectivity index (χ4n) is 1.91. The molecular weight excluding hydrogens is 371 g/mol. The first-order valence-electron chi connectivity index (χ1n) is 6.99. The number of nitrogens with zero attached hydrogens (tertiary/aromatic N) is 1. The first-order chi connectivity index (χ1) is 11.8. The van der Waals surface area contributed by atoms with E-state index < -0.39 is 23.4 Å². The van der Waals surface area contributed by atoms with Gasteiger partial charge in [0.25, 0.3) is 11.6 Å². The van der Waals surface area contributed by atoms with Gasteiger partial charge in [0, 0.05) is 27.9 Å². The third kappa shape index (κ3) is 5.74. The normalized spacial score (nSPS) is 10.2. The van der Waals surface area contributed by atoms with Crippen molar-refractivity contribution < 1.29 is 19.2 Å². The summed E-state index contributed by atoms with van der Waals surface area (Å²) in [5, 5.41) is 13.9. The number of nitro benzene ring substituents is 1. The van der Waals surface area contributed by atoms with E-state index in [1.54, 1.807) is 12.1 Å². The lowest BCUT2D eigenvalue weighted by Gasteiger charge is -2.07. The number of carbonyl (C=O) groups is 2. The molecule has 0 aliphatic carbocycles. The van der Waals surface area contributed by atoms with E-state index in [1.807, 2.05) is 0 Å². The summed E-state index contributed by atoms with van der Waals surface area (Å²) in [6.07, 6.45) is -0.111. The third-order valence-electron chi connectivity index (χ3n) is 3.05. The van der Waals surface area contributed by atoms with Gasteiger partial charge in [0.05, 0.1) is 11.3 Å². The topological polar surface area (TPSA) is 98.5 Å². The SMILES string of the molecule is O=C(COC(=O)Cc1ccc(Cl)cc1Cl)Nc1cccc([N+](=O)[O-])c1. The predicted molar refractivity (Wildman–Crippen MR) is 92.9 cm³/mol. The first-order valence-corrected chi connectivity index (χ1v) is 7.74. The Kier molecular flexibility index (Phi) is 6.32. The lowest BCUT2D eigenvalue weighted by atomic mass is 10.1. The number of rotatable bonds is 6. The summed E-state index contributed by atoms with van der Waals surface area (Å²) in [6.45, 7) is -0.521. The smallest absolute Gasteiger partial charge is 0.310 e. The summed E-state index contributed by atoms with van der Waals surface area (Å²) >= 11 is 11.7. The summed E-state index contributed by atoms with van der Waals surface area (Å²) in [4.78, 5) is 33.6. The molecule has 0 aliphatic rings. The van der Waals surface area contributed by atoms with Crippen LogP contribution in [0, 0.1) is 10.1 Å². The lowest BCUT2D eigenvalue weighted by molar-refractivity contribution is -0.384. The van der Waals surface area contributed by atoms with E-state index in [9.17, 15) is 19.7 Å². The van der Waals surface area contributed by atoms with E-state index in [1.165, 1.54) is 30.3 Å². The van der Waals surface area contributed by atoms with Crippen molar-refractivity contribution in [3.8, 4) is 0 Å². The van der Waals surface area contributed by atoms with E-state index in [2.05, 4.69) is 5.32 Å². The van der Waals surface area contributed by atoms with Crippen molar-refractivity contribution in [3.63, 3.8) is 0 Å². The van der Waals surface area contributed by atoms with Gasteiger partial charge in [-0.25, -0.2) is 0 Å². The van der Waals surface area contributed by atoms with Crippen molar-refractivity contribution in [1.82, 2.24) is 0 Å². The van der Waals surface area contributed by atoms with E-state index in [0.717, 1.165) is 0 Å². The second-order valence-electron chi connectivity index (χ2n) is 4.93. The van der Waals surface area contributed by atoms with Gasteiger partial charge >= 0.3 is 5.97 Å². The summed E-state index contributed by atoms with van der Waals surface area (Å²) in [6, 6.07) is 10.1. The van der Waals surface area contributed by atoms with Crippen LogP contribution >= 0.6 is 23.2 Å². The van der Waals surface area contributed by atoms with Crippen molar-refractivity contribution in [2.24, 2.45) is 0 Å². The molecule has 2 aromatic rings. The predicted octanol–water partition coefficient (Wildman–Crippen LogP) is 3.63. The van der Waals surface area contributed by atoms with Crippen LogP contribution in [0.5, 0.6) is 0 Å². The fraction of sp³-hybridized carbons (Fsp3) is 0.125. The van der Waals surface area contributed by atoms with Crippen LogP contribution in [0.3, 0.4) is 0 Å². The highest BCUT2D eigenvalue weighted by molar-refractivity contribution is 6.35. The molecular formula is C16H12Cl2N2O5. The Balaban J connectivity index is 1.86. The highest BCUT2D eigenvalue weighted by atomic mass is 35.5. The zero-order valence-electron chi connectivity index (χ0n) is 12.7. The van der Waals surface area contributed by atoms with Crippen LogP contribution in [0.4, 0.5) is 11.4 Å². The second kappa shape index (κ2) is 8.46. The molecule has 2 rings (SSSR count). The molecule has 1 amide bonds. The molecule has 0 radical (unpaired) electrons. The first kappa shape index (κ1) is 18.7. The number of carbonyl (C=O) groups excluding carboxylic acids is 2. The van der Waals surface area contributed by atoms with Crippen LogP contribution < -0.4 is 5.32 Å². The number of ether oxygens (including phenoxy) is 1. The zero-order chi connectivity index (χ0) is 18.4. The monoisotopic (exact) mass is 382 g/mol. The molecule has 0 bridgehead atoms. The van der Waals surface area contributed by atoms with Gasteiger partial charge in [-0.15, -0.1) is 0 Å². The van der Waals surface area contributed by atoms with E-state index >= 15 is 0 Å². The van der Waals surface area contributed by atoms with Gasteiger partial charge in [-0.3, -0.25) is 19.7 Å². The van der Waals surface area contributed by atoms with Gasteiger partial charge in [0.2, 0.25) is 0 Å². The van der Waals surface area contributed by atoms with E-state index in [-0.39, 0.29) is 17.8 Å². The van der Waals surface area contributed by atoms with Crippen LogP contribution in [0.1, 0.15) is 5.56 Å². The minimum absolute atomic E-state index is 0.111. The van der Waals surface area contributed by atoms with Crippen molar-refractivity contribution in [2.45, 2.75) is 6.42 Å². The van der Waals surface area contributed by atoms with Gasteiger partial charge in [0.1, 0.15) is 0 Å². The molecule has 9 heteroatoms. The van der Waals surface area contributed by atoms with Gasteiger partial charge < -0.3 is 10.1 Å². The van der Waals surface area contributed by atoms with Crippen molar-refractivity contribution in [1.29, 1.82) is 0 Å². The Morgan fingerprint density at radius 1 is 1.16 bits per heavy atom. The van der Waals surface area contributed by atoms with Crippen molar-refractivity contribution in [3.05, 3.63) is 68.2 Å². The minimum Gasteiger partial charge on any atom is -0.455 e. The van der Waals surface area contributed by atoms with Gasteiger partial charge in [-0.2, -0.15) is 0 Å². The van der Waals surface area contributed by atoms with Gasteiger partial charge in [-0.1, -0.05) is 35.3 Å². The Morgan fingerprint density at radius 3 is 2.60 bits per heavy atom. The fourth-order valence-corrected chi connectivity index (χ4v) is 2.39. The molecule has 7 nitrogen and oxygen atoms in total. The zero-order valence-corrected chi connectivity index (χ0v) is 14.2. The summed E-state index contributed by atoms with van der Waals surface area (Å²) < 4.78 is 4.87. The molecule has 25 heavy (non-hydrogen) atoms. The highest BCUT2D eigenvalue weighted by Crippen LogP contribution is 2.21. The number of hydrogen-bond donors (Lipinski definition) is 1. The van der Waals surface area contributed by atoms with Gasteiger partial charge in [-0.05, 0) is 23.8 Å². The summed E-state index contributed by atoms with van der Waals surface area (Å²) in [5.74, 6) is -1.26. The standard InChI is InChI=1S/C16H12Cl2N2O5/c17-11-5-4-10(14(18)7-11)6-16(22)25-9-15(21)19-12-2-1-3-13(8-12)20(23)24/h1-5,7-8H,6,9H2,(H,19,21). The number of amides is 1. The maximum atomic E-state index is 11.8. The van der Waals surface area contributed by atoms with Crippen LogP contribution in [-0.4, -0.2) is 23.4 Å². The largest absolute Gasteiger partial charge is 0.455 e. The Hall–Kier alpha value is -2.64. The average molecular weight is 383 g/mol. The molecule has 0 saturated heterocycles. The van der Waals surface area contributed by atoms with Crippen LogP contribution in [0.15, 0.2) is 42.5 Å². The van der Waals surface area contributed by atoms with Crippen LogP contribution in [-0.2, 0) is 20.7 Å². The lowest BCUT2D eigenvalue weighted by Crippen LogP contribution is -2.21. The Morgan fingerprint density at radius 2 is 1.92 bits per heavy atom. The Labute approximate surface area is 152 Å². The number of benzene rings is 2. The number of anilines is 1. The molecule has 0 heterocycles. The van der Waals surface area contributed by atoms with Crippen molar-refractivity contribution in [2.75, 3.05) is 11.9 Å². The summed E-state index contributed by atoms with van der Waals surface area (Å²) in [7, 11) is 0. The third-order valence-corrected chi connectivity index (χ3v) is 3.64. The second-order valence-corrected chi connectivity index (χ2v) is 5.77. The van der Waals surface area contributed by atoms with E-state index in [4.69, 9.17) is 27.9 Å². The number of hydrogen-bond acceptors (Lipinski definition) is 5. The molecule has 0 atom stereocenters. The van der Waals surface area contributed by atoms with Crippen LogP contribution in [0.2, 0.25) is 10.0 Å². The average Bonchev–Trinajstić information content (AvgIpc) is 2.56. The van der Waals surface area contributed by atoms with Gasteiger partial charge in [0.15, 0.2) is 6.61 Å². The number of esters is 1. The number of halogens is 2. The van der Waals surface area contributed by atoms with Crippen molar-refractivity contribution >= 4 is 46.5 Å². The quantitative estimate of drug-likeness (QED) is 0.467. The van der Waals surface area contributed by atoms with E-state index in [0.29, 0.717) is 15.6 Å². The molecule has 0 spiro atoms. The molecule has 130 valence electrons. The molecule has 0 aromatic heterocycles. The Bertz CT molecular complexity index is 826. The number of non-ortho nitro benzene ring substituents is 1. The number of nitrogens with one attached hydrogen (secondary N) is 1. The minimum atomic E-state index is -0.640. The number of nitro groups is 1. The molecule has 0 saturated carbocycles. The summed E-state index contributed by atoms with van der Waals surface area (Å²) in [5.41, 5.74) is 0.596. The highest BCUT2D eigenvalue weighted by Gasteiger charge is 2.12. The molecule has 0 unspecified atom stereocenters. The molecule has 0 fully saturated rings. The molecule has 1 N–H and O–H groups in total. The maximum absolute atomic E-state index is 11.8. The molecule has 0 aliphatic heterocycles.